The fourth-order valence-electron chi connectivity index (χ4n) is 3.16. The van der Waals surface area contributed by atoms with Gasteiger partial charge in [0.25, 0.3) is 0 Å². The quantitative estimate of drug-likeness (QED) is 0.637. The number of hydrogen-bond acceptors (Lipinski definition) is 1. The lowest BCUT2D eigenvalue weighted by Crippen LogP contribution is -2.15. The van der Waals surface area contributed by atoms with Crippen LogP contribution < -0.4 is 5.43 Å². The van der Waals surface area contributed by atoms with Gasteiger partial charge < -0.3 is 0 Å². The van der Waals surface area contributed by atoms with E-state index in [1.165, 1.54) is 81.9 Å². The Morgan fingerprint density at radius 3 is 1.78 bits per heavy atom. The summed E-state index contributed by atoms with van der Waals surface area (Å²) in [6.45, 7) is 2.16. The van der Waals surface area contributed by atoms with E-state index in [9.17, 15) is 0 Å². The summed E-state index contributed by atoms with van der Waals surface area (Å²) in [7, 11) is 0. The predicted molar refractivity (Wildman–Crippen MR) is 77.6 cm³/mol. The summed E-state index contributed by atoms with van der Waals surface area (Å²) in [6.07, 6.45) is 17.3. The molecule has 2 rings (SSSR count). The minimum atomic E-state index is 0.673. The minimum absolute atomic E-state index is 0.673. The van der Waals surface area contributed by atoms with Crippen LogP contribution in [0, 0.1) is 5.92 Å². The standard InChI is InChI=1S/C16H27N2/c1-14-13-17-18-16(14)15-11-9-7-5-3-2-4-6-8-10-12-15/h13,15H,2-12H2,1H3. The van der Waals surface area contributed by atoms with E-state index < -0.39 is 0 Å². The number of nitrogens with zero attached hydrogens (tertiary/aromatic N) is 2. The maximum Gasteiger partial charge on any atom is 0.0706 e. The number of allylic oxidation sites excluding steroid dienone is 1. The molecule has 0 N–H and O–H groups in total. The van der Waals surface area contributed by atoms with E-state index in [1.54, 1.807) is 0 Å². The molecule has 0 amide bonds. The average molecular weight is 247 g/mol. The zero-order valence-electron chi connectivity index (χ0n) is 11.8. The van der Waals surface area contributed by atoms with Crippen molar-refractivity contribution in [1.29, 1.82) is 0 Å². The first-order chi connectivity index (χ1) is 8.88. The molecule has 0 aromatic heterocycles. The van der Waals surface area contributed by atoms with Crippen molar-refractivity contribution < 1.29 is 0 Å². The zero-order chi connectivity index (χ0) is 12.6. The fourth-order valence-corrected chi connectivity index (χ4v) is 3.16. The summed E-state index contributed by atoms with van der Waals surface area (Å²) in [5.74, 6) is 0.673. The monoisotopic (exact) mass is 247 g/mol. The molecule has 1 fully saturated rings. The molecule has 101 valence electrons. The zero-order valence-corrected chi connectivity index (χ0v) is 11.8. The van der Waals surface area contributed by atoms with Gasteiger partial charge in [-0.05, 0) is 25.3 Å². The highest BCUT2D eigenvalue weighted by Crippen LogP contribution is 2.25. The maximum absolute atomic E-state index is 4.36. The summed E-state index contributed by atoms with van der Waals surface area (Å²) in [6, 6.07) is 0. The van der Waals surface area contributed by atoms with Gasteiger partial charge in [-0.15, -0.1) is 0 Å². The first-order valence-corrected chi connectivity index (χ1v) is 7.83. The van der Waals surface area contributed by atoms with Crippen LogP contribution in [0.2, 0.25) is 0 Å². The SMILES string of the molecule is CC1=C[N]N=C1C1CCCCCCCCCCC1. The molecule has 0 bridgehead atoms. The molecule has 0 spiro atoms. The van der Waals surface area contributed by atoms with Gasteiger partial charge in [0.2, 0.25) is 0 Å². The van der Waals surface area contributed by atoms with Gasteiger partial charge in [0.05, 0.1) is 11.9 Å². The molecule has 1 saturated carbocycles. The third kappa shape index (κ3) is 4.15. The van der Waals surface area contributed by atoms with Crippen LogP contribution in [0.5, 0.6) is 0 Å². The van der Waals surface area contributed by atoms with E-state index in [0.29, 0.717) is 5.92 Å². The molecule has 0 atom stereocenters. The Morgan fingerprint density at radius 2 is 1.33 bits per heavy atom. The van der Waals surface area contributed by atoms with Gasteiger partial charge in [0.1, 0.15) is 0 Å². The van der Waals surface area contributed by atoms with Crippen molar-refractivity contribution in [2.75, 3.05) is 0 Å². The molecule has 0 aromatic rings. The maximum atomic E-state index is 4.36. The van der Waals surface area contributed by atoms with E-state index in [1.807, 2.05) is 6.20 Å². The highest BCUT2D eigenvalue weighted by molar-refractivity contribution is 6.02. The van der Waals surface area contributed by atoms with Crippen molar-refractivity contribution in [3.05, 3.63) is 11.8 Å². The summed E-state index contributed by atoms with van der Waals surface area (Å²) in [4.78, 5) is 0. The second-order valence-electron chi connectivity index (χ2n) is 5.87. The van der Waals surface area contributed by atoms with Crippen LogP contribution in [0.25, 0.3) is 0 Å². The fraction of sp³-hybridized carbons (Fsp3) is 0.812. The van der Waals surface area contributed by atoms with E-state index >= 15 is 0 Å². The molecule has 1 heterocycles. The Bertz CT molecular complexity index is 292. The Kier molecular flexibility index (Phi) is 5.76. The van der Waals surface area contributed by atoms with E-state index in [4.69, 9.17) is 0 Å². The molecule has 1 radical (unpaired) electrons. The van der Waals surface area contributed by atoms with Crippen molar-refractivity contribution in [3.63, 3.8) is 0 Å². The first kappa shape index (κ1) is 13.6. The van der Waals surface area contributed by atoms with Crippen molar-refractivity contribution >= 4 is 5.71 Å². The molecule has 2 aliphatic rings. The molecule has 2 nitrogen and oxygen atoms in total. The van der Waals surface area contributed by atoms with Crippen LogP contribution in [0.4, 0.5) is 0 Å². The van der Waals surface area contributed by atoms with E-state index in [2.05, 4.69) is 17.5 Å². The lowest BCUT2D eigenvalue weighted by Gasteiger charge is -2.18. The molecule has 2 heteroatoms. The second-order valence-corrected chi connectivity index (χ2v) is 5.87. The second kappa shape index (κ2) is 7.60. The van der Waals surface area contributed by atoms with Gasteiger partial charge in [-0.3, -0.25) is 0 Å². The molecule has 1 aliphatic carbocycles. The predicted octanol–water partition coefficient (Wildman–Crippen LogP) is 4.79. The van der Waals surface area contributed by atoms with Crippen LogP contribution in [-0.2, 0) is 0 Å². The van der Waals surface area contributed by atoms with Gasteiger partial charge in [0, 0.05) is 5.92 Å². The van der Waals surface area contributed by atoms with Crippen LogP contribution in [-0.4, -0.2) is 5.71 Å². The van der Waals surface area contributed by atoms with Crippen LogP contribution >= 0.6 is 0 Å². The minimum Gasteiger partial charge on any atom is -0.159 e. The van der Waals surface area contributed by atoms with Crippen molar-refractivity contribution in [1.82, 2.24) is 5.43 Å². The molecule has 18 heavy (non-hydrogen) atoms. The van der Waals surface area contributed by atoms with Gasteiger partial charge in [-0.25, -0.2) is 0 Å². The molecular formula is C16H27N2. The highest BCUT2D eigenvalue weighted by atomic mass is 15.3. The molecule has 0 aromatic carbocycles. The Morgan fingerprint density at radius 1 is 0.833 bits per heavy atom. The lowest BCUT2D eigenvalue weighted by atomic mass is 9.87. The summed E-state index contributed by atoms with van der Waals surface area (Å²) in [5, 5.41) is 4.36. The number of rotatable bonds is 1. The third-order valence-electron chi connectivity index (χ3n) is 4.31. The van der Waals surface area contributed by atoms with Gasteiger partial charge >= 0.3 is 0 Å². The van der Waals surface area contributed by atoms with Crippen molar-refractivity contribution in [2.45, 2.75) is 77.6 Å². The Balaban J connectivity index is 1.87. The Labute approximate surface area is 112 Å². The molecule has 0 unspecified atom stereocenters. The number of hydrogen-bond donors (Lipinski definition) is 0. The average Bonchev–Trinajstić information content (AvgIpc) is 2.76. The molecular weight excluding hydrogens is 220 g/mol. The smallest absolute Gasteiger partial charge is 0.0706 e. The van der Waals surface area contributed by atoms with Crippen LogP contribution in [0.3, 0.4) is 0 Å². The molecule has 0 saturated heterocycles. The van der Waals surface area contributed by atoms with Crippen LogP contribution in [0.15, 0.2) is 16.9 Å². The van der Waals surface area contributed by atoms with E-state index in [0.717, 1.165) is 0 Å². The normalized spacial score (nSPS) is 24.5. The van der Waals surface area contributed by atoms with Crippen LogP contribution in [0.1, 0.15) is 77.6 Å². The molecule has 1 aliphatic heterocycles. The van der Waals surface area contributed by atoms with Gasteiger partial charge in [-0.1, -0.05) is 57.8 Å². The van der Waals surface area contributed by atoms with Gasteiger partial charge in [0.15, 0.2) is 0 Å². The largest absolute Gasteiger partial charge is 0.159 e. The topological polar surface area (TPSA) is 26.5 Å². The Hall–Kier alpha value is -0.790. The lowest BCUT2D eigenvalue weighted by molar-refractivity contribution is 0.464. The first-order valence-electron chi connectivity index (χ1n) is 7.83. The highest BCUT2D eigenvalue weighted by Gasteiger charge is 2.20. The van der Waals surface area contributed by atoms with Crippen molar-refractivity contribution in [3.8, 4) is 0 Å². The van der Waals surface area contributed by atoms with Crippen molar-refractivity contribution in [2.24, 2.45) is 11.0 Å². The summed E-state index contributed by atoms with van der Waals surface area (Å²) in [5.41, 5.74) is 6.66. The van der Waals surface area contributed by atoms with E-state index in [-0.39, 0.29) is 0 Å². The summed E-state index contributed by atoms with van der Waals surface area (Å²) >= 11 is 0. The summed E-state index contributed by atoms with van der Waals surface area (Å²) < 4.78 is 0. The van der Waals surface area contributed by atoms with Gasteiger partial charge in [-0.2, -0.15) is 10.5 Å². The third-order valence-corrected chi connectivity index (χ3v) is 4.31.